The Morgan fingerprint density at radius 3 is 2.50 bits per heavy atom. The molecule has 110 valence electrons. The van der Waals surface area contributed by atoms with Crippen molar-refractivity contribution in [2.75, 3.05) is 0 Å². The van der Waals surface area contributed by atoms with Gasteiger partial charge in [-0.1, -0.05) is 19.1 Å². The fraction of sp³-hybridized carbons (Fsp3) is 0.333. The number of hydrogen-bond acceptors (Lipinski definition) is 2. The van der Waals surface area contributed by atoms with Gasteiger partial charge in [-0.2, -0.15) is 13.2 Å². The van der Waals surface area contributed by atoms with Crippen LogP contribution in [0.15, 0.2) is 18.2 Å². The highest BCUT2D eigenvalue weighted by molar-refractivity contribution is 7.80. The molecule has 3 N–H and O–H groups in total. The highest BCUT2D eigenvalue weighted by atomic mass is 32.1. The summed E-state index contributed by atoms with van der Waals surface area (Å²) in [7, 11) is 0. The van der Waals surface area contributed by atoms with Crippen molar-refractivity contribution in [3.63, 3.8) is 0 Å². The summed E-state index contributed by atoms with van der Waals surface area (Å²) >= 11 is 4.69. The predicted molar refractivity (Wildman–Crippen MR) is 69.7 cm³/mol. The van der Waals surface area contributed by atoms with E-state index in [0.29, 0.717) is 24.6 Å². The molecule has 0 radical (unpaired) electrons. The maximum atomic E-state index is 13.5. The lowest BCUT2D eigenvalue weighted by molar-refractivity contribution is -0.137. The topological polar surface area (TPSA) is 55.1 Å². The number of hydrogen-bond donors (Lipinski definition) is 2. The van der Waals surface area contributed by atoms with Crippen LogP contribution in [0, 0.1) is 5.82 Å². The minimum Gasteiger partial charge on any atom is -0.392 e. The van der Waals surface area contributed by atoms with Crippen molar-refractivity contribution < 1.29 is 22.4 Å². The summed E-state index contributed by atoms with van der Waals surface area (Å²) in [6.45, 7) is 1.67. The van der Waals surface area contributed by atoms with Crippen LogP contribution in [-0.2, 0) is 6.18 Å². The second kappa shape index (κ2) is 6.17. The van der Waals surface area contributed by atoms with Crippen LogP contribution < -0.4 is 11.1 Å². The fourth-order valence-electron chi connectivity index (χ4n) is 1.49. The molecule has 0 aliphatic carbocycles. The molecule has 1 rings (SSSR count). The largest absolute Gasteiger partial charge is 0.416 e. The first-order valence-corrected chi connectivity index (χ1v) is 6.04. The summed E-state index contributed by atoms with van der Waals surface area (Å²) in [5.41, 5.74) is 3.55. The predicted octanol–water partition coefficient (Wildman–Crippen LogP) is 2.64. The van der Waals surface area contributed by atoms with Crippen LogP contribution in [0.2, 0.25) is 0 Å². The molecular formula is C12H12F4N2OS. The smallest absolute Gasteiger partial charge is 0.392 e. The molecule has 0 saturated carbocycles. The Bertz CT molecular complexity index is 531. The Kier molecular flexibility index (Phi) is 5.04. The van der Waals surface area contributed by atoms with E-state index in [1.54, 1.807) is 6.92 Å². The zero-order valence-corrected chi connectivity index (χ0v) is 11.2. The van der Waals surface area contributed by atoms with Gasteiger partial charge in [0.2, 0.25) is 0 Å². The van der Waals surface area contributed by atoms with Gasteiger partial charge < -0.3 is 11.1 Å². The lowest BCUT2D eigenvalue weighted by Gasteiger charge is -2.16. The molecule has 1 unspecified atom stereocenters. The van der Waals surface area contributed by atoms with Crippen molar-refractivity contribution >= 4 is 23.1 Å². The number of nitrogens with two attached hydrogens (primary N) is 1. The van der Waals surface area contributed by atoms with Gasteiger partial charge in [-0.3, -0.25) is 4.79 Å². The number of nitrogens with one attached hydrogen (secondary N) is 1. The molecule has 0 spiro atoms. The van der Waals surface area contributed by atoms with E-state index in [-0.39, 0.29) is 4.99 Å². The van der Waals surface area contributed by atoms with Crippen LogP contribution >= 0.6 is 12.2 Å². The van der Waals surface area contributed by atoms with Gasteiger partial charge in [-0.15, -0.1) is 0 Å². The molecule has 0 aromatic heterocycles. The van der Waals surface area contributed by atoms with Crippen molar-refractivity contribution in [2.24, 2.45) is 5.73 Å². The van der Waals surface area contributed by atoms with Crippen LogP contribution in [-0.4, -0.2) is 16.9 Å². The molecule has 0 saturated heterocycles. The maximum Gasteiger partial charge on any atom is 0.416 e. The van der Waals surface area contributed by atoms with E-state index in [2.05, 4.69) is 5.32 Å². The summed E-state index contributed by atoms with van der Waals surface area (Å²) in [5, 5.41) is 2.29. The van der Waals surface area contributed by atoms with Crippen molar-refractivity contribution in [3.8, 4) is 0 Å². The van der Waals surface area contributed by atoms with E-state index in [9.17, 15) is 22.4 Å². The van der Waals surface area contributed by atoms with E-state index >= 15 is 0 Å². The van der Waals surface area contributed by atoms with Gasteiger partial charge in [-0.25, -0.2) is 4.39 Å². The lowest BCUT2D eigenvalue weighted by Crippen LogP contribution is -2.43. The standard InChI is InChI=1S/C12H12F4N2OS/c1-2-9(10(17)20)18-11(19)7-5-6(12(14,15)16)3-4-8(7)13/h3-5,9H,2H2,1H3,(H2,17,20)(H,18,19). The molecule has 0 aliphatic rings. The highest BCUT2D eigenvalue weighted by Gasteiger charge is 2.32. The summed E-state index contributed by atoms with van der Waals surface area (Å²) in [6, 6.07) is 0.916. The molecule has 0 heterocycles. The van der Waals surface area contributed by atoms with Crippen molar-refractivity contribution in [2.45, 2.75) is 25.6 Å². The summed E-state index contributed by atoms with van der Waals surface area (Å²) in [6.07, 6.45) is -4.31. The number of amides is 1. The number of halogens is 4. The number of carbonyl (C=O) groups excluding carboxylic acids is 1. The third kappa shape index (κ3) is 3.89. The number of benzene rings is 1. The molecule has 20 heavy (non-hydrogen) atoms. The molecule has 1 atom stereocenters. The average molecular weight is 308 g/mol. The number of thiocarbonyl (C=S) groups is 1. The van der Waals surface area contributed by atoms with Crippen molar-refractivity contribution in [3.05, 3.63) is 35.1 Å². The van der Waals surface area contributed by atoms with E-state index in [1.807, 2.05) is 0 Å². The number of carbonyl (C=O) groups is 1. The first kappa shape index (κ1) is 16.4. The van der Waals surface area contributed by atoms with Crippen molar-refractivity contribution in [1.82, 2.24) is 5.32 Å². The Morgan fingerprint density at radius 2 is 2.05 bits per heavy atom. The van der Waals surface area contributed by atoms with E-state index in [1.165, 1.54) is 0 Å². The summed E-state index contributed by atoms with van der Waals surface area (Å²) in [4.78, 5) is 11.8. The third-order valence-corrected chi connectivity index (χ3v) is 2.88. The average Bonchev–Trinajstić information content (AvgIpc) is 2.34. The maximum absolute atomic E-state index is 13.5. The molecule has 1 amide bonds. The Labute approximate surface area is 118 Å². The quantitative estimate of drug-likeness (QED) is 0.664. The fourth-order valence-corrected chi connectivity index (χ4v) is 1.71. The van der Waals surface area contributed by atoms with E-state index in [0.717, 1.165) is 0 Å². The van der Waals surface area contributed by atoms with Gasteiger partial charge in [0, 0.05) is 0 Å². The Morgan fingerprint density at radius 1 is 1.45 bits per heavy atom. The van der Waals surface area contributed by atoms with Gasteiger partial charge in [-0.05, 0) is 24.6 Å². The first-order chi connectivity index (χ1) is 9.16. The van der Waals surface area contributed by atoms with Crippen molar-refractivity contribution in [1.29, 1.82) is 0 Å². The van der Waals surface area contributed by atoms with Crippen LogP contribution in [0.1, 0.15) is 29.3 Å². The highest BCUT2D eigenvalue weighted by Crippen LogP contribution is 2.30. The summed E-state index contributed by atoms with van der Waals surface area (Å²) < 4.78 is 51.0. The molecule has 0 aliphatic heterocycles. The minimum atomic E-state index is -4.66. The van der Waals surface area contributed by atoms with E-state index in [4.69, 9.17) is 18.0 Å². The minimum absolute atomic E-state index is 0.0202. The number of alkyl halides is 3. The lowest BCUT2D eigenvalue weighted by atomic mass is 10.1. The third-order valence-electron chi connectivity index (χ3n) is 2.60. The molecular weight excluding hydrogens is 296 g/mol. The monoisotopic (exact) mass is 308 g/mol. The molecule has 8 heteroatoms. The Balaban J connectivity index is 3.06. The van der Waals surface area contributed by atoms with Crippen LogP contribution in [0.25, 0.3) is 0 Å². The van der Waals surface area contributed by atoms with Gasteiger partial charge in [0.1, 0.15) is 5.82 Å². The van der Waals surface area contributed by atoms with Gasteiger partial charge in [0.15, 0.2) is 0 Å². The molecule has 1 aromatic carbocycles. The van der Waals surface area contributed by atoms with Gasteiger partial charge in [0.05, 0.1) is 22.2 Å². The summed E-state index contributed by atoms with van der Waals surface area (Å²) in [5.74, 6) is -2.04. The van der Waals surface area contributed by atoms with Crippen LogP contribution in [0.3, 0.4) is 0 Å². The molecule has 3 nitrogen and oxygen atoms in total. The van der Waals surface area contributed by atoms with Crippen LogP contribution in [0.5, 0.6) is 0 Å². The molecule has 0 fully saturated rings. The van der Waals surface area contributed by atoms with Crippen LogP contribution in [0.4, 0.5) is 17.6 Å². The zero-order chi connectivity index (χ0) is 15.5. The second-order valence-electron chi connectivity index (χ2n) is 4.03. The van der Waals surface area contributed by atoms with Gasteiger partial charge in [0.25, 0.3) is 5.91 Å². The first-order valence-electron chi connectivity index (χ1n) is 5.63. The zero-order valence-electron chi connectivity index (χ0n) is 10.4. The molecule has 0 bridgehead atoms. The number of rotatable bonds is 4. The molecule has 1 aromatic rings. The van der Waals surface area contributed by atoms with E-state index < -0.39 is 35.1 Å². The Hall–Kier alpha value is -1.70. The van der Waals surface area contributed by atoms with Gasteiger partial charge >= 0.3 is 6.18 Å². The second-order valence-corrected chi connectivity index (χ2v) is 4.50. The SMILES string of the molecule is CCC(NC(=O)c1cc(C(F)(F)F)ccc1F)C(N)=S. The normalized spacial score (nSPS) is 12.8.